The van der Waals surface area contributed by atoms with Crippen molar-refractivity contribution in [3.63, 3.8) is 0 Å². The molecular weight excluding hydrogens is 148 g/mol. The third-order valence-corrected chi connectivity index (χ3v) is 2.05. The smallest absolute Gasteiger partial charge is 0.0646 e. The molecule has 0 saturated heterocycles. The first-order chi connectivity index (χ1) is 4.66. The zero-order chi connectivity index (χ0) is 7.72. The van der Waals surface area contributed by atoms with Crippen LogP contribution >= 0.6 is 11.6 Å². The van der Waals surface area contributed by atoms with Gasteiger partial charge in [-0.2, -0.15) is 5.10 Å². The van der Waals surface area contributed by atoms with Gasteiger partial charge in [0.15, 0.2) is 0 Å². The number of alkyl halides is 1. The summed E-state index contributed by atoms with van der Waals surface area (Å²) in [5, 5.41) is 4.21. The van der Waals surface area contributed by atoms with E-state index < -0.39 is 0 Å². The average molecular weight is 159 g/mol. The highest BCUT2D eigenvalue weighted by atomic mass is 35.5. The van der Waals surface area contributed by atoms with E-state index in [-0.39, 0.29) is 0 Å². The second kappa shape index (κ2) is 2.62. The molecule has 0 bridgehead atoms. The Bertz CT molecular complexity index is 240. The van der Waals surface area contributed by atoms with Gasteiger partial charge in [-0.1, -0.05) is 0 Å². The second-order valence-electron chi connectivity index (χ2n) is 2.41. The topological polar surface area (TPSA) is 17.8 Å². The molecule has 1 heterocycles. The monoisotopic (exact) mass is 158 g/mol. The molecule has 1 aromatic heterocycles. The van der Waals surface area contributed by atoms with Crippen LogP contribution in [0.1, 0.15) is 17.0 Å². The molecule has 2 nitrogen and oxygen atoms in total. The predicted octanol–water partition coefficient (Wildman–Crippen LogP) is 1.78. The Kier molecular flexibility index (Phi) is 2.00. The third kappa shape index (κ3) is 1.03. The van der Waals surface area contributed by atoms with Gasteiger partial charge in [0.1, 0.15) is 0 Å². The van der Waals surface area contributed by atoms with E-state index in [0.717, 1.165) is 11.4 Å². The molecule has 0 unspecified atom stereocenters. The molecule has 10 heavy (non-hydrogen) atoms. The molecule has 0 aromatic carbocycles. The third-order valence-electron chi connectivity index (χ3n) is 1.79. The molecule has 0 radical (unpaired) electrons. The molecule has 1 rings (SSSR count). The van der Waals surface area contributed by atoms with Crippen molar-refractivity contribution >= 4 is 11.6 Å². The quantitative estimate of drug-likeness (QED) is 0.570. The van der Waals surface area contributed by atoms with Crippen LogP contribution in [0.25, 0.3) is 0 Å². The number of hydrogen-bond donors (Lipinski definition) is 0. The second-order valence-corrected chi connectivity index (χ2v) is 2.68. The van der Waals surface area contributed by atoms with Crippen LogP contribution in [0, 0.1) is 13.8 Å². The average Bonchev–Trinajstić information content (AvgIpc) is 2.09. The van der Waals surface area contributed by atoms with Gasteiger partial charge in [0.05, 0.1) is 17.3 Å². The maximum absolute atomic E-state index is 5.69. The summed E-state index contributed by atoms with van der Waals surface area (Å²) in [6.45, 7) is 4.03. The summed E-state index contributed by atoms with van der Waals surface area (Å²) >= 11 is 5.69. The summed E-state index contributed by atoms with van der Waals surface area (Å²) in [6.07, 6.45) is 0. The van der Waals surface area contributed by atoms with Gasteiger partial charge in [-0.25, -0.2) is 0 Å². The molecule has 0 N–H and O–H groups in total. The van der Waals surface area contributed by atoms with E-state index in [2.05, 4.69) is 5.10 Å². The van der Waals surface area contributed by atoms with Crippen LogP contribution < -0.4 is 0 Å². The minimum absolute atomic E-state index is 0.545. The van der Waals surface area contributed by atoms with Crippen LogP contribution in [0.3, 0.4) is 0 Å². The molecule has 0 atom stereocenters. The van der Waals surface area contributed by atoms with Gasteiger partial charge in [-0.05, 0) is 19.4 Å². The summed E-state index contributed by atoms with van der Waals surface area (Å²) in [6, 6.07) is 0. The van der Waals surface area contributed by atoms with Crippen molar-refractivity contribution in [3.8, 4) is 0 Å². The zero-order valence-electron chi connectivity index (χ0n) is 6.48. The van der Waals surface area contributed by atoms with Crippen molar-refractivity contribution < 1.29 is 0 Å². The van der Waals surface area contributed by atoms with Gasteiger partial charge in [-0.3, -0.25) is 4.68 Å². The van der Waals surface area contributed by atoms with Crippen molar-refractivity contribution in [3.05, 3.63) is 17.0 Å². The summed E-state index contributed by atoms with van der Waals surface area (Å²) in [5.74, 6) is 0.545. The largest absolute Gasteiger partial charge is 0.271 e. The van der Waals surface area contributed by atoms with E-state index in [4.69, 9.17) is 11.6 Å². The Morgan fingerprint density at radius 1 is 1.50 bits per heavy atom. The zero-order valence-corrected chi connectivity index (χ0v) is 7.24. The van der Waals surface area contributed by atoms with E-state index in [1.54, 1.807) is 0 Å². The van der Waals surface area contributed by atoms with Crippen molar-refractivity contribution in [2.24, 2.45) is 7.05 Å². The minimum Gasteiger partial charge on any atom is -0.271 e. The van der Waals surface area contributed by atoms with E-state index in [1.165, 1.54) is 5.56 Å². The van der Waals surface area contributed by atoms with Crippen LogP contribution in [0.5, 0.6) is 0 Å². The number of halogens is 1. The molecular formula is C7H11ClN2. The van der Waals surface area contributed by atoms with Crippen LogP contribution in [-0.2, 0) is 12.9 Å². The van der Waals surface area contributed by atoms with Gasteiger partial charge >= 0.3 is 0 Å². The van der Waals surface area contributed by atoms with Gasteiger partial charge in [0.2, 0.25) is 0 Å². The number of rotatable bonds is 1. The van der Waals surface area contributed by atoms with E-state index in [1.807, 2.05) is 25.6 Å². The van der Waals surface area contributed by atoms with Crippen LogP contribution in [-0.4, -0.2) is 9.78 Å². The Morgan fingerprint density at radius 2 is 2.10 bits per heavy atom. The van der Waals surface area contributed by atoms with Crippen molar-refractivity contribution in [2.75, 3.05) is 0 Å². The van der Waals surface area contributed by atoms with E-state index >= 15 is 0 Å². The van der Waals surface area contributed by atoms with Crippen LogP contribution in [0.4, 0.5) is 0 Å². The summed E-state index contributed by atoms with van der Waals surface area (Å²) in [7, 11) is 1.91. The fraction of sp³-hybridized carbons (Fsp3) is 0.571. The molecule has 0 amide bonds. The Morgan fingerprint density at radius 3 is 2.30 bits per heavy atom. The van der Waals surface area contributed by atoms with E-state index in [9.17, 15) is 0 Å². The molecule has 0 saturated carbocycles. The molecule has 1 aromatic rings. The summed E-state index contributed by atoms with van der Waals surface area (Å²) in [5.41, 5.74) is 3.38. The molecule has 3 heteroatoms. The number of aromatic nitrogens is 2. The van der Waals surface area contributed by atoms with Crippen molar-refractivity contribution in [1.82, 2.24) is 9.78 Å². The molecule has 0 aliphatic rings. The molecule has 0 aliphatic heterocycles. The van der Waals surface area contributed by atoms with E-state index in [0.29, 0.717) is 5.88 Å². The normalized spacial score (nSPS) is 10.4. The minimum atomic E-state index is 0.545. The Hall–Kier alpha value is -0.500. The maximum atomic E-state index is 5.69. The molecule has 56 valence electrons. The number of nitrogens with zero attached hydrogens (tertiary/aromatic N) is 2. The summed E-state index contributed by atoms with van der Waals surface area (Å²) < 4.78 is 1.83. The fourth-order valence-corrected chi connectivity index (χ4v) is 1.37. The number of aryl methyl sites for hydroxylation is 2. The molecule has 0 fully saturated rings. The maximum Gasteiger partial charge on any atom is 0.0646 e. The van der Waals surface area contributed by atoms with Gasteiger partial charge in [0.25, 0.3) is 0 Å². The fourth-order valence-electron chi connectivity index (χ4n) is 0.999. The predicted molar refractivity (Wildman–Crippen MR) is 42.2 cm³/mol. The first-order valence-electron chi connectivity index (χ1n) is 3.22. The van der Waals surface area contributed by atoms with Crippen LogP contribution in [0.15, 0.2) is 0 Å². The first-order valence-corrected chi connectivity index (χ1v) is 3.75. The van der Waals surface area contributed by atoms with Gasteiger partial charge in [-0.15, -0.1) is 11.6 Å². The lowest BCUT2D eigenvalue weighted by molar-refractivity contribution is 0.726. The van der Waals surface area contributed by atoms with Crippen molar-refractivity contribution in [1.29, 1.82) is 0 Å². The lowest BCUT2D eigenvalue weighted by atomic mass is 10.2. The molecule has 0 aliphatic carbocycles. The summed E-state index contributed by atoms with van der Waals surface area (Å²) in [4.78, 5) is 0. The van der Waals surface area contributed by atoms with Crippen molar-refractivity contribution in [2.45, 2.75) is 19.7 Å². The highest BCUT2D eigenvalue weighted by Crippen LogP contribution is 2.12. The number of hydrogen-bond acceptors (Lipinski definition) is 1. The van der Waals surface area contributed by atoms with Crippen LogP contribution in [0.2, 0.25) is 0 Å². The Balaban J connectivity index is 3.20. The van der Waals surface area contributed by atoms with Gasteiger partial charge < -0.3 is 0 Å². The highest BCUT2D eigenvalue weighted by Gasteiger charge is 2.05. The standard InChI is InChI=1S/C7H11ClN2/c1-5-6(2)9-10(3)7(5)4-8/h4H2,1-3H3. The SMILES string of the molecule is Cc1nn(C)c(CCl)c1C. The first kappa shape index (κ1) is 7.61. The molecule has 0 spiro atoms. The Labute approximate surface area is 65.8 Å². The highest BCUT2D eigenvalue weighted by molar-refractivity contribution is 6.17. The lowest BCUT2D eigenvalue weighted by Crippen LogP contribution is -1.95. The van der Waals surface area contributed by atoms with Gasteiger partial charge in [0, 0.05) is 7.05 Å². The lowest BCUT2D eigenvalue weighted by Gasteiger charge is -1.95.